The van der Waals surface area contributed by atoms with Gasteiger partial charge in [-0.15, -0.1) is 0 Å². The Morgan fingerprint density at radius 3 is 2.57 bits per heavy atom. The van der Waals surface area contributed by atoms with Gasteiger partial charge in [0.2, 0.25) is 0 Å². The van der Waals surface area contributed by atoms with Crippen molar-refractivity contribution >= 4 is 17.0 Å². The van der Waals surface area contributed by atoms with Crippen LogP contribution in [0.3, 0.4) is 0 Å². The van der Waals surface area contributed by atoms with E-state index in [0.717, 1.165) is 31.9 Å². The number of carbonyl (C=O) groups is 1. The third-order valence-corrected chi connectivity index (χ3v) is 7.72. The molecule has 0 spiro atoms. The molecule has 2 atom stereocenters. The number of carboxylic acid groups (broad SMARTS) is 1. The molecule has 3 fully saturated rings. The van der Waals surface area contributed by atoms with E-state index >= 15 is 4.39 Å². The summed E-state index contributed by atoms with van der Waals surface area (Å²) in [6, 6.07) is 4.67. The summed E-state index contributed by atoms with van der Waals surface area (Å²) in [5.41, 5.74) is 1.80. The van der Waals surface area contributed by atoms with Gasteiger partial charge in [0.05, 0.1) is 17.8 Å². The zero-order valence-corrected chi connectivity index (χ0v) is 18.8. The lowest BCUT2D eigenvalue weighted by molar-refractivity contribution is -0.152. The number of aromatic amines is 1. The Bertz CT molecular complexity index is 1420. The fourth-order valence-electron chi connectivity index (χ4n) is 6.09. The first-order valence-electron chi connectivity index (χ1n) is 11.8. The van der Waals surface area contributed by atoms with Crippen LogP contribution >= 0.6 is 0 Å². The fraction of sp³-hybridized carbons (Fsp3) is 0.346. The Morgan fingerprint density at radius 1 is 1.09 bits per heavy atom. The first-order chi connectivity index (χ1) is 17.0. The summed E-state index contributed by atoms with van der Waals surface area (Å²) in [6.45, 7) is 0. The number of carboxylic acids is 1. The second kappa shape index (κ2) is 8.48. The normalized spacial score (nSPS) is 23.6. The van der Waals surface area contributed by atoms with E-state index in [9.17, 15) is 14.3 Å². The zero-order valence-electron chi connectivity index (χ0n) is 18.8. The van der Waals surface area contributed by atoms with Crippen LogP contribution in [-0.2, 0) is 11.2 Å². The summed E-state index contributed by atoms with van der Waals surface area (Å²) < 4.78 is 29.9. The molecule has 2 N–H and O–H groups in total. The predicted octanol–water partition coefficient (Wildman–Crippen LogP) is 5.04. The highest BCUT2D eigenvalue weighted by molar-refractivity contribution is 5.91. The van der Waals surface area contributed by atoms with Gasteiger partial charge in [-0.25, -0.2) is 23.7 Å². The zero-order chi connectivity index (χ0) is 24.1. The molecule has 3 aliphatic rings. The van der Waals surface area contributed by atoms with Crippen molar-refractivity contribution in [2.45, 2.75) is 32.1 Å². The van der Waals surface area contributed by atoms with Gasteiger partial charge in [-0.05, 0) is 68.1 Å². The summed E-state index contributed by atoms with van der Waals surface area (Å²) in [7, 11) is 0. The van der Waals surface area contributed by atoms with Crippen LogP contribution in [0.25, 0.3) is 33.7 Å². The van der Waals surface area contributed by atoms with Crippen LogP contribution in [-0.4, -0.2) is 36.0 Å². The largest absolute Gasteiger partial charge is 0.481 e. The molecule has 0 aromatic carbocycles. The van der Waals surface area contributed by atoms with Crippen molar-refractivity contribution in [3.63, 3.8) is 0 Å². The minimum Gasteiger partial charge on any atom is -0.481 e. The highest BCUT2D eigenvalue weighted by Gasteiger charge is 2.47. The minimum absolute atomic E-state index is 0.110. The summed E-state index contributed by atoms with van der Waals surface area (Å²) in [5, 5.41) is 10.5. The third kappa shape index (κ3) is 3.75. The SMILES string of the molecule is O=C(O)[C@H]1C2CCC(CC2)[C@@H]1Cc1nc(-c2c[nH]c3ncc(F)cc23)nc(-c2ccncc2)c1F. The number of H-pyrrole nitrogens is 1. The maximum absolute atomic E-state index is 15.9. The molecule has 3 aliphatic carbocycles. The molecule has 0 radical (unpaired) electrons. The van der Waals surface area contributed by atoms with E-state index in [2.05, 4.69) is 24.9 Å². The van der Waals surface area contributed by atoms with Crippen molar-refractivity contribution in [1.29, 1.82) is 0 Å². The van der Waals surface area contributed by atoms with E-state index in [-0.39, 0.29) is 41.4 Å². The van der Waals surface area contributed by atoms with Crippen LogP contribution in [0.15, 0.2) is 43.0 Å². The highest BCUT2D eigenvalue weighted by atomic mass is 19.1. The first kappa shape index (κ1) is 21.8. The number of halogens is 2. The molecule has 7 nitrogen and oxygen atoms in total. The van der Waals surface area contributed by atoms with Crippen LogP contribution in [0.4, 0.5) is 8.78 Å². The van der Waals surface area contributed by atoms with Crippen LogP contribution in [0.1, 0.15) is 31.4 Å². The van der Waals surface area contributed by atoms with Gasteiger partial charge in [-0.2, -0.15) is 0 Å². The summed E-state index contributed by atoms with van der Waals surface area (Å²) in [5.74, 6) is -1.98. The van der Waals surface area contributed by atoms with Gasteiger partial charge < -0.3 is 10.1 Å². The number of pyridine rings is 2. The standard InChI is InChI=1S/C26H23F2N5O2/c27-16-9-18-19(12-31-24(18)30-11-16)25-32-20(22(28)23(33-25)15-5-7-29-8-6-15)10-17-13-1-3-14(4-2-13)21(17)26(34)35/h5-9,11-14,17,21H,1-4,10H2,(H,30,31)(H,34,35)/t13?,14?,17-,21-/m0/s1. The summed E-state index contributed by atoms with van der Waals surface area (Å²) in [4.78, 5) is 32.3. The fourth-order valence-corrected chi connectivity index (χ4v) is 6.09. The van der Waals surface area contributed by atoms with Crippen molar-refractivity contribution in [1.82, 2.24) is 24.9 Å². The van der Waals surface area contributed by atoms with E-state index in [1.807, 2.05) is 0 Å². The molecule has 0 amide bonds. The van der Waals surface area contributed by atoms with Gasteiger partial charge in [-0.1, -0.05) is 0 Å². The van der Waals surface area contributed by atoms with Crippen LogP contribution < -0.4 is 0 Å². The number of aliphatic carboxylic acids is 1. The van der Waals surface area contributed by atoms with Gasteiger partial charge in [0.1, 0.15) is 17.2 Å². The Kier molecular flexibility index (Phi) is 5.27. The van der Waals surface area contributed by atoms with E-state index in [1.54, 1.807) is 30.7 Å². The maximum atomic E-state index is 15.9. The van der Waals surface area contributed by atoms with Gasteiger partial charge >= 0.3 is 5.97 Å². The number of hydrogen-bond donors (Lipinski definition) is 2. The molecule has 4 heterocycles. The lowest BCUT2D eigenvalue weighted by atomic mass is 9.57. The quantitative estimate of drug-likeness (QED) is 0.419. The molecule has 9 heteroatoms. The molecular weight excluding hydrogens is 452 g/mol. The van der Waals surface area contributed by atoms with Crippen LogP contribution in [0.5, 0.6) is 0 Å². The average molecular weight is 475 g/mol. The molecule has 2 bridgehead atoms. The molecule has 3 saturated carbocycles. The molecule has 0 unspecified atom stereocenters. The van der Waals surface area contributed by atoms with Crippen molar-refractivity contribution in [2.24, 2.45) is 23.7 Å². The highest BCUT2D eigenvalue weighted by Crippen LogP contribution is 2.50. The molecule has 0 aliphatic heterocycles. The van der Waals surface area contributed by atoms with Crippen LogP contribution in [0.2, 0.25) is 0 Å². The Morgan fingerprint density at radius 2 is 1.83 bits per heavy atom. The predicted molar refractivity (Wildman–Crippen MR) is 124 cm³/mol. The maximum Gasteiger partial charge on any atom is 0.307 e. The van der Waals surface area contributed by atoms with Crippen LogP contribution in [0, 0.1) is 35.3 Å². The molecule has 7 rings (SSSR count). The minimum atomic E-state index is -0.813. The third-order valence-electron chi connectivity index (χ3n) is 7.72. The number of aromatic nitrogens is 5. The van der Waals surface area contributed by atoms with E-state index in [0.29, 0.717) is 22.2 Å². The Labute approximate surface area is 199 Å². The number of hydrogen-bond acceptors (Lipinski definition) is 5. The van der Waals surface area contributed by atoms with Crippen molar-refractivity contribution in [3.8, 4) is 22.6 Å². The van der Waals surface area contributed by atoms with Crippen molar-refractivity contribution in [3.05, 3.63) is 60.3 Å². The Hall–Kier alpha value is -3.75. The second-order valence-corrected chi connectivity index (χ2v) is 9.55. The number of nitrogens with one attached hydrogen (secondary N) is 1. The van der Waals surface area contributed by atoms with Gasteiger partial charge in [0.15, 0.2) is 11.6 Å². The number of fused-ring (bicyclic) bond motifs is 4. The first-order valence-corrected chi connectivity index (χ1v) is 11.8. The summed E-state index contributed by atoms with van der Waals surface area (Å²) in [6.07, 6.45) is 9.82. The van der Waals surface area contributed by atoms with Gasteiger partial charge in [0, 0.05) is 35.1 Å². The smallest absolute Gasteiger partial charge is 0.307 e. The molecule has 35 heavy (non-hydrogen) atoms. The van der Waals surface area contributed by atoms with Crippen molar-refractivity contribution in [2.75, 3.05) is 0 Å². The molecular formula is C26H23F2N5O2. The molecule has 4 aromatic rings. The average Bonchev–Trinajstić information content (AvgIpc) is 3.29. The van der Waals surface area contributed by atoms with Crippen molar-refractivity contribution < 1.29 is 18.7 Å². The van der Waals surface area contributed by atoms with E-state index in [4.69, 9.17) is 0 Å². The van der Waals surface area contributed by atoms with Gasteiger partial charge in [-0.3, -0.25) is 9.78 Å². The van der Waals surface area contributed by atoms with Gasteiger partial charge in [0.25, 0.3) is 0 Å². The molecule has 178 valence electrons. The Balaban J connectivity index is 1.50. The lowest BCUT2D eigenvalue weighted by Crippen LogP contribution is -2.45. The molecule has 0 saturated heterocycles. The van der Waals surface area contributed by atoms with E-state index in [1.165, 1.54) is 6.07 Å². The number of rotatable bonds is 5. The number of nitrogens with zero attached hydrogens (tertiary/aromatic N) is 4. The second-order valence-electron chi connectivity index (χ2n) is 9.55. The summed E-state index contributed by atoms with van der Waals surface area (Å²) >= 11 is 0. The monoisotopic (exact) mass is 475 g/mol. The molecule has 4 aromatic heterocycles. The topological polar surface area (TPSA) is 105 Å². The lowest BCUT2D eigenvalue weighted by Gasteiger charge is -2.46. The van der Waals surface area contributed by atoms with E-state index < -0.39 is 23.5 Å².